The molecule has 0 bridgehead atoms. The van der Waals surface area contributed by atoms with Crippen LogP contribution in [-0.2, 0) is 26.1 Å². The molecular weight excluding hydrogens is 384 g/mol. The summed E-state index contributed by atoms with van der Waals surface area (Å²) in [7, 11) is -2.20. The van der Waals surface area contributed by atoms with E-state index in [1.165, 1.54) is 25.3 Å². The van der Waals surface area contributed by atoms with Crippen molar-refractivity contribution in [1.82, 2.24) is 0 Å². The van der Waals surface area contributed by atoms with Crippen molar-refractivity contribution in [2.24, 2.45) is 0 Å². The van der Waals surface area contributed by atoms with E-state index in [0.717, 1.165) is 4.47 Å². The summed E-state index contributed by atoms with van der Waals surface area (Å²) in [4.78, 5) is 11.4. The molecule has 0 fully saturated rings. The third kappa shape index (κ3) is 4.80. The van der Waals surface area contributed by atoms with Crippen molar-refractivity contribution in [2.75, 3.05) is 7.11 Å². The van der Waals surface area contributed by atoms with Gasteiger partial charge in [0.1, 0.15) is 11.3 Å². The zero-order chi connectivity index (χ0) is 17.0. The minimum atomic E-state index is -3.41. The highest BCUT2D eigenvalue weighted by Crippen LogP contribution is 2.22. The number of sulfone groups is 1. The molecule has 5 nitrogen and oxygen atoms in total. The zero-order valence-corrected chi connectivity index (χ0v) is 14.7. The monoisotopic (exact) mass is 398 g/mol. The number of hydrogen-bond acceptors (Lipinski definition) is 5. The molecule has 2 rings (SSSR count). The Morgan fingerprint density at radius 1 is 1.13 bits per heavy atom. The molecule has 0 aliphatic carbocycles. The van der Waals surface area contributed by atoms with Gasteiger partial charge in [-0.2, -0.15) is 0 Å². The van der Waals surface area contributed by atoms with E-state index in [9.17, 15) is 18.3 Å². The smallest absolute Gasteiger partial charge is 0.341 e. The lowest BCUT2D eigenvalue weighted by Gasteiger charge is -2.08. The second-order valence-corrected chi connectivity index (χ2v) is 7.99. The van der Waals surface area contributed by atoms with Gasteiger partial charge in [-0.1, -0.05) is 34.1 Å². The topological polar surface area (TPSA) is 80.7 Å². The molecule has 122 valence electrons. The highest BCUT2D eigenvalue weighted by atomic mass is 79.9. The number of rotatable bonds is 5. The summed E-state index contributed by atoms with van der Waals surface area (Å²) in [6.07, 6.45) is 0. The summed E-state index contributed by atoms with van der Waals surface area (Å²) in [5.41, 5.74) is 1.08. The van der Waals surface area contributed by atoms with E-state index < -0.39 is 15.8 Å². The lowest BCUT2D eigenvalue weighted by molar-refractivity contribution is 0.0597. The van der Waals surface area contributed by atoms with Crippen LogP contribution in [0.25, 0.3) is 0 Å². The van der Waals surface area contributed by atoms with E-state index in [1.807, 2.05) is 6.07 Å². The van der Waals surface area contributed by atoms with E-state index in [1.54, 1.807) is 18.2 Å². The van der Waals surface area contributed by atoms with Crippen LogP contribution >= 0.6 is 15.9 Å². The van der Waals surface area contributed by atoms with Crippen molar-refractivity contribution in [3.63, 3.8) is 0 Å². The van der Waals surface area contributed by atoms with Gasteiger partial charge >= 0.3 is 5.97 Å². The first-order valence-corrected chi connectivity index (χ1v) is 9.27. The number of phenols is 1. The van der Waals surface area contributed by atoms with E-state index in [0.29, 0.717) is 11.1 Å². The van der Waals surface area contributed by atoms with E-state index in [4.69, 9.17) is 0 Å². The van der Waals surface area contributed by atoms with Crippen LogP contribution in [0.1, 0.15) is 21.5 Å². The molecule has 7 heteroatoms. The van der Waals surface area contributed by atoms with E-state index >= 15 is 0 Å². The number of esters is 1. The van der Waals surface area contributed by atoms with Gasteiger partial charge in [0.15, 0.2) is 9.84 Å². The Balaban J connectivity index is 2.17. The molecule has 0 spiro atoms. The number of carbonyl (C=O) groups excluding carboxylic acids is 1. The fraction of sp³-hybridized carbons (Fsp3) is 0.188. The molecule has 0 saturated heterocycles. The molecule has 0 heterocycles. The Morgan fingerprint density at radius 3 is 2.35 bits per heavy atom. The number of methoxy groups -OCH3 is 1. The van der Waals surface area contributed by atoms with Gasteiger partial charge in [0.05, 0.1) is 18.6 Å². The first-order valence-electron chi connectivity index (χ1n) is 6.66. The van der Waals surface area contributed by atoms with Gasteiger partial charge in [-0.05, 0) is 35.4 Å². The fourth-order valence-electron chi connectivity index (χ4n) is 2.14. The molecule has 0 aliphatic heterocycles. The van der Waals surface area contributed by atoms with Crippen LogP contribution in [-0.4, -0.2) is 26.6 Å². The van der Waals surface area contributed by atoms with Crippen molar-refractivity contribution in [3.05, 3.63) is 63.6 Å². The third-order valence-electron chi connectivity index (χ3n) is 3.13. The third-order valence-corrected chi connectivity index (χ3v) is 5.17. The number of phenolic OH excluding ortho intramolecular Hbond substituents is 1. The molecule has 0 aromatic heterocycles. The normalized spacial score (nSPS) is 11.2. The minimum absolute atomic E-state index is 0.000591. The predicted molar refractivity (Wildman–Crippen MR) is 89.9 cm³/mol. The van der Waals surface area contributed by atoms with Crippen LogP contribution in [0, 0.1) is 0 Å². The molecule has 0 amide bonds. The van der Waals surface area contributed by atoms with E-state index in [2.05, 4.69) is 20.7 Å². The number of aromatic hydroxyl groups is 1. The van der Waals surface area contributed by atoms with Crippen molar-refractivity contribution in [3.8, 4) is 5.75 Å². The maximum Gasteiger partial charge on any atom is 0.341 e. The van der Waals surface area contributed by atoms with Crippen LogP contribution in [0.15, 0.2) is 46.9 Å². The molecule has 0 aliphatic rings. The minimum Gasteiger partial charge on any atom is -0.507 e. The number of carbonyl (C=O) groups is 1. The molecule has 0 radical (unpaired) electrons. The summed E-state index contributed by atoms with van der Waals surface area (Å²) in [6, 6.07) is 11.2. The van der Waals surface area contributed by atoms with Crippen LogP contribution < -0.4 is 0 Å². The van der Waals surface area contributed by atoms with Gasteiger partial charge in [0.25, 0.3) is 0 Å². The Labute approximate surface area is 143 Å². The van der Waals surface area contributed by atoms with Crippen molar-refractivity contribution >= 4 is 31.7 Å². The molecule has 23 heavy (non-hydrogen) atoms. The van der Waals surface area contributed by atoms with Crippen LogP contribution in [0.3, 0.4) is 0 Å². The Bertz CT molecular complexity index is 830. The Hall–Kier alpha value is -1.86. The average Bonchev–Trinajstić information content (AvgIpc) is 2.45. The zero-order valence-electron chi connectivity index (χ0n) is 12.3. The van der Waals surface area contributed by atoms with Crippen LogP contribution in [0.5, 0.6) is 5.75 Å². The summed E-state index contributed by atoms with van der Waals surface area (Å²) in [5.74, 6) is -1.31. The SMILES string of the molecule is COC(=O)c1ccc(CS(=O)(=O)Cc2cccc(Br)c2)cc1O. The molecule has 2 aromatic carbocycles. The van der Waals surface area contributed by atoms with Crippen molar-refractivity contribution < 1.29 is 23.1 Å². The maximum atomic E-state index is 12.3. The van der Waals surface area contributed by atoms with Gasteiger partial charge in [-0.3, -0.25) is 0 Å². The van der Waals surface area contributed by atoms with Crippen LogP contribution in [0.2, 0.25) is 0 Å². The molecule has 2 aromatic rings. The second kappa shape index (κ2) is 7.14. The molecule has 0 unspecified atom stereocenters. The largest absolute Gasteiger partial charge is 0.507 e. The number of halogens is 1. The van der Waals surface area contributed by atoms with Gasteiger partial charge in [-0.15, -0.1) is 0 Å². The number of ether oxygens (including phenoxy) is 1. The quantitative estimate of drug-likeness (QED) is 0.782. The van der Waals surface area contributed by atoms with Crippen molar-refractivity contribution in [2.45, 2.75) is 11.5 Å². The predicted octanol–water partition coefficient (Wildman–Crippen LogP) is 3.06. The maximum absolute atomic E-state index is 12.3. The number of benzene rings is 2. The Morgan fingerprint density at radius 2 is 1.78 bits per heavy atom. The molecule has 0 atom stereocenters. The highest BCUT2D eigenvalue weighted by molar-refractivity contribution is 9.10. The summed E-state index contributed by atoms with van der Waals surface area (Å²) >= 11 is 3.30. The van der Waals surface area contributed by atoms with Gasteiger partial charge < -0.3 is 9.84 Å². The summed E-state index contributed by atoms with van der Waals surface area (Å²) < 4.78 is 29.9. The first kappa shape index (κ1) is 17.5. The lowest BCUT2D eigenvalue weighted by Crippen LogP contribution is -2.08. The van der Waals surface area contributed by atoms with Gasteiger partial charge in [-0.25, -0.2) is 13.2 Å². The number of hydrogen-bond donors (Lipinski definition) is 1. The first-order chi connectivity index (χ1) is 10.8. The molecule has 1 N–H and O–H groups in total. The fourth-order valence-corrected chi connectivity index (χ4v) is 4.06. The van der Waals surface area contributed by atoms with Gasteiger partial charge in [0.2, 0.25) is 0 Å². The summed E-state index contributed by atoms with van der Waals surface area (Å²) in [6.45, 7) is 0. The lowest BCUT2D eigenvalue weighted by atomic mass is 10.1. The Kier molecular flexibility index (Phi) is 5.43. The average molecular weight is 399 g/mol. The summed E-state index contributed by atoms with van der Waals surface area (Å²) in [5, 5.41) is 9.81. The highest BCUT2D eigenvalue weighted by Gasteiger charge is 2.17. The molecular formula is C16H15BrO5S. The van der Waals surface area contributed by atoms with Crippen LogP contribution in [0.4, 0.5) is 0 Å². The standard InChI is InChI=1S/C16H15BrO5S/c1-22-16(19)14-6-5-12(8-15(14)18)10-23(20,21)9-11-3-2-4-13(17)7-11/h2-8,18H,9-10H2,1H3. The van der Waals surface area contributed by atoms with Gasteiger partial charge in [0, 0.05) is 4.47 Å². The van der Waals surface area contributed by atoms with E-state index in [-0.39, 0.29) is 22.8 Å². The molecule has 0 saturated carbocycles. The van der Waals surface area contributed by atoms with Crippen molar-refractivity contribution in [1.29, 1.82) is 0 Å². The second-order valence-electron chi connectivity index (χ2n) is 5.01.